The zero-order chi connectivity index (χ0) is 17.9. The first-order chi connectivity index (χ1) is 12.7. The second-order valence-electron chi connectivity index (χ2n) is 5.79. The van der Waals surface area contributed by atoms with Gasteiger partial charge in [0.2, 0.25) is 0 Å². The Labute approximate surface area is 153 Å². The third-order valence-electron chi connectivity index (χ3n) is 3.91. The Morgan fingerprint density at radius 2 is 2.08 bits per heavy atom. The molecule has 0 aliphatic rings. The Balaban J connectivity index is 1.39. The fraction of sp³-hybridized carbons (Fsp3) is 0.111. The molecule has 4 aromatic rings. The van der Waals surface area contributed by atoms with Gasteiger partial charge in [0.15, 0.2) is 0 Å². The summed E-state index contributed by atoms with van der Waals surface area (Å²) >= 11 is 1.43. The molecule has 3 aromatic heterocycles. The highest BCUT2D eigenvalue weighted by atomic mass is 32.1. The van der Waals surface area contributed by atoms with Crippen molar-refractivity contribution < 1.29 is 4.79 Å². The molecule has 0 aliphatic heterocycles. The number of benzene rings is 1. The fourth-order valence-corrected chi connectivity index (χ4v) is 3.31. The summed E-state index contributed by atoms with van der Waals surface area (Å²) in [5.74, 6) is -0.186. The largest absolute Gasteiger partial charge is 0.347 e. The van der Waals surface area contributed by atoms with Crippen molar-refractivity contribution in [2.75, 3.05) is 0 Å². The van der Waals surface area contributed by atoms with Crippen LogP contribution in [0.5, 0.6) is 0 Å². The van der Waals surface area contributed by atoms with E-state index < -0.39 is 0 Å². The van der Waals surface area contributed by atoms with Gasteiger partial charge in [0.1, 0.15) is 10.7 Å². The summed E-state index contributed by atoms with van der Waals surface area (Å²) in [5.41, 5.74) is 4.36. The average Bonchev–Trinajstić information content (AvgIpc) is 3.41. The SMILES string of the molecule is Cn1cc(-c2nc(C(=O)NCc3ccc(-c4ccn[nH]4)cc3)cs2)cn1. The van der Waals surface area contributed by atoms with Crippen LogP contribution in [0.15, 0.2) is 54.3 Å². The topological polar surface area (TPSA) is 88.5 Å². The quantitative estimate of drug-likeness (QED) is 0.570. The predicted molar refractivity (Wildman–Crippen MR) is 99.5 cm³/mol. The van der Waals surface area contributed by atoms with Crippen LogP contribution in [0.2, 0.25) is 0 Å². The predicted octanol–water partition coefficient (Wildman–Crippen LogP) is 2.86. The zero-order valence-electron chi connectivity index (χ0n) is 14.0. The van der Waals surface area contributed by atoms with E-state index >= 15 is 0 Å². The molecule has 3 heterocycles. The van der Waals surface area contributed by atoms with E-state index in [9.17, 15) is 4.79 Å². The maximum Gasteiger partial charge on any atom is 0.271 e. The molecule has 0 fully saturated rings. The lowest BCUT2D eigenvalue weighted by atomic mass is 10.1. The third-order valence-corrected chi connectivity index (χ3v) is 4.80. The molecule has 0 saturated heterocycles. The summed E-state index contributed by atoms with van der Waals surface area (Å²) in [5, 5.41) is 16.5. The standard InChI is InChI=1S/C18H16N6OS/c1-24-10-14(9-21-24)18-22-16(11-26-18)17(25)19-8-12-2-4-13(5-3-12)15-6-7-20-23-15/h2-7,9-11H,8H2,1H3,(H,19,25)(H,20,23). The molecule has 0 aliphatic carbocycles. The van der Waals surface area contributed by atoms with Crippen LogP contribution in [0.1, 0.15) is 16.1 Å². The Kier molecular flexibility index (Phi) is 4.32. The second kappa shape index (κ2) is 6.93. The normalized spacial score (nSPS) is 10.8. The lowest BCUT2D eigenvalue weighted by molar-refractivity contribution is 0.0946. The van der Waals surface area contributed by atoms with Gasteiger partial charge in [-0.25, -0.2) is 4.98 Å². The number of aromatic nitrogens is 5. The van der Waals surface area contributed by atoms with Crippen molar-refractivity contribution in [1.29, 1.82) is 0 Å². The molecule has 0 bridgehead atoms. The van der Waals surface area contributed by atoms with Crippen LogP contribution in [0.4, 0.5) is 0 Å². The first-order valence-electron chi connectivity index (χ1n) is 8.00. The van der Waals surface area contributed by atoms with Gasteiger partial charge in [-0.15, -0.1) is 11.3 Å². The number of amides is 1. The molecule has 26 heavy (non-hydrogen) atoms. The Hall–Kier alpha value is -3.26. The zero-order valence-corrected chi connectivity index (χ0v) is 14.8. The molecule has 0 spiro atoms. The molecule has 1 aromatic carbocycles. The highest BCUT2D eigenvalue weighted by Crippen LogP contribution is 2.23. The van der Waals surface area contributed by atoms with Gasteiger partial charge < -0.3 is 5.32 Å². The van der Waals surface area contributed by atoms with E-state index in [1.54, 1.807) is 22.5 Å². The van der Waals surface area contributed by atoms with E-state index in [0.29, 0.717) is 12.2 Å². The smallest absolute Gasteiger partial charge is 0.271 e. The number of aromatic amines is 1. The molecule has 8 heteroatoms. The summed E-state index contributed by atoms with van der Waals surface area (Å²) in [4.78, 5) is 16.7. The summed E-state index contributed by atoms with van der Waals surface area (Å²) in [7, 11) is 1.85. The lowest BCUT2D eigenvalue weighted by Crippen LogP contribution is -2.23. The minimum atomic E-state index is -0.186. The number of aryl methyl sites for hydroxylation is 1. The van der Waals surface area contributed by atoms with E-state index in [1.165, 1.54) is 11.3 Å². The average molecular weight is 364 g/mol. The number of carbonyl (C=O) groups is 1. The third kappa shape index (κ3) is 3.40. The van der Waals surface area contributed by atoms with Crippen molar-refractivity contribution in [3.05, 3.63) is 65.6 Å². The number of hydrogen-bond donors (Lipinski definition) is 2. The summed E-state index contributed by atoms with van der Waals surface area (Å²) in [6.45, 7) is 0.446. The van der Waals surface area contributed by atoms with E-state index in [4.69, 9.17) is 0 Å². The van der Waals surface area contributed by atoms with Crippen molar-refractivity contribution in [3.8, 4) is 21.8 Å². The van der Waals surface area contributed by atoms with Crippen LogP contribution in [-0.4, -0.2) is 30.9 Å². The van der Waals surface area contributed by atoms with Crippen molar-refractivity contribution in [3.63, 3.8) is 0 Å². The van der Waals surface area contributed by atoms with Gasteiger partial charge in [-0.05, 0) is 17.2 Å². The lowest BCUT2D eigenvalue weighted by Gasteiger charge is -2.05. The number of nitrogens with zero attached hydrogens (tertiary/aromatic N) is 4. The molecule has 4 rings (SSSR count). The second-order valence-corrected chi connectivity index (χ2v) is 6.65. The molecular formula is C18H16N6OS. The Morgan fingerprint density at radius 1 is 1.23 bits per heavy atom. The van der Waals surface area contributed by atoms with Gasteiger partial charge in [0.05, 0.1) is 11.9 Å². The molecule has 2 N–H and O–H groups in total. The van der Waals surface area contributed by atoms with E-state index in [0.717, 1.165) is 27.4 Å². The first kappa shape index (κ1) is 16.2. The number of thiazole rings is 1. The molecule has 130 valence electrons. The van der Waals surface area contributed by atoms with E-state index in [2.05, 4.69) is 25.6 Å². The summed E-state index contributed by atoms with van der Waals surface area (Å²) < 4.78 is 1.71. The molecular weight excluding hydrogens is 348 g/mol. The van der Waals surface area contributed by atoms with Crippen LogP contribution >= 0.6 is 11.3 Å². The van der Waals surface area contributed by atoms with Crippen LogP contribution in [0.25, 0.3) is 21.8 Å². The van der Waals surface area contributed by atoms with Gasteiger partial charge in [-0.2, -0.15) is 10.2 Å². The van der Waals surface area contributed by atoms with Crippen molar-refractivity contribution >= 4 is 17.2 Å². The van der Waals surface area contributed by atoms with E-state index in [1.807, 2.05) is 43.6 Å². The van der Waals surface area contributed by atoms with E-state index in [-0.39, 0.29) is 5.91 Å². The first-order valence-corrected chi connectivity index (χ1v) is 8.88. The highest BCUT2D eigenvalue weighted by molar-refractivity contribution is 7.13. The maximum atomic E-state index is 12.3. The number of rotatable bonds is 5. The van der Waals surface area contributed by atoms with Crippen molar-refractivity contribution in [2.45, 2.75) is 6.54 Å². The van der Waals surface area contributed by atoms with Crippen molar-refractivity contribution in [1.82, 2.24) is 30.3 Å². The van der Waals surface area contributed by atoms with Crippen LogP contribution in [0.3, 0.4) is 0 Å². The fourth-order valence-electron chi connectivity index (χ4n) is 2.53. The minimum Gasteiger partial charge on any atom is -0.347 e. The summed E-state index contributed by atoms with van der Waals surface area (Å²) in [6.07, 6.45) is 5.33. The van der Waals surface area contributed by atoms with Gasteiger partial charge in [0, 0.05) is 36.9 Å². The summed E-state index contributed by atoms with van der Waals surface area (Å²) in [6, 6.07) is 9.88. The van der Waals surface area contributed by atoms with Gasteiger partial charge in [0.25, 0.3) is 5.91 Å². The van der Waals surface area contributed by atoms with Gasteiger partial charge >= 0.3 is 0 Å². The van der Waals surface area contributed by atoms with Crippen LogP contribution in [-0.2, 0) is 13.6 Å². The number of hydrogen-bond acceptors (Lipinski definition) is 5. The molecule has 1 amide bonds. The Morgan fingerprint density at radius 3 is 2.77 bits per heavy atom. The Bertz CT molecular complexity index is 1020. The molecule has 0 radical (unpaired) electrons. The number of H-pyrrole nitrogens is 1. The number of carbonyl (C=O) groups excluding carboxylic acids is 1. The van der Waals surface area contributed by atoms with Crippen LogP contribution < -0.4 is 5.32 Å². The van der Waals surface area contributed by atoms with Crippen LogP contribution in [0, 0.1) is 0 Å². The number of nitrogens with one attached hydrogen (secondary N) is 2. The minimum absolute atomic E-state index is 0.186. The van der Waals surface area contributed by atoms with Gasteiger partial charge in [-0.1, -0.05) is 24.3 Å². The maximum absolute atomic E-state index is 12.3. The molecule has 7 nitrogen and oxygen atoms in total. The monoisotopic (exact) mass is 364 g/mol. The molecule has 0 atom stereocenters. The van der Waals surface area contributed by atoms with Gasteiger partial charge in [-0.3, -0.25) is 14.6 Å². The molecule has 0 unspecified atom stereocenters. The molecule has 0 saturated carbocycles. The highest BCUT2D eigenvalue weighted by Gasteiger charge is 2.12. The van der Waals surface area contributed by atoms with Crippen molar-refractivity contribution in [2.24, 2.45) is 7.05 Å².